The van der Waals surface area contributed by atoms with Crippen LogP contribution >= 0.6 is 11.6 Å². The van der Waals surface area contributed by atoms with Gasteiger partial charge < -0.3 is 5.11 Å². The lowest BCUT2D eigenvalue weighted by molar-refractivity contribution is -0.00383. The molecule has 0 bridgehead atoms. The van der Waals surface area contributed by atoms with Crippen LogP contribution in [-0.4, -0.2) is 10.1 Å². The van der Waals surface area contributed by atoms with Gasteiger partial charge in [0, 0.05) is 11.8 Å². The van der Waals surface area contributed by atoms with Gasteiger partial charge in [-0.2, -0.15) is 0 Å². The standard InChI is InChI=1S/C11H13ClFNO/c12-10-9(13)8(4-7-14-10)11(15)5-2-1-3-6-11/h4,7,15H,1-3,5-6H2. The monoisotopic (exact) mass is 229 g/mol. The maximum atomic E-state index is 13.7. The summed E-state index contributed by atoms with van der Waals surface area (Å²) in [7, 11) is 0. The third-order valence-electron chi connectivity index (χ3n) is 3.03. The Morgan fingerprint density at radius 2 is 2.00 bits per heavy atom. The van der Waals surface area contributed by atoms with Crippen LogP contribution in [-0.2, 0) is 5.60 Å². The quantitative estimate of drug-likeness (QED) is 0.751. The molecule has 82 valence electrons. The lowest BCUT2D eigenvalue weighted by Crippen LogP contribution is -2.29. The summed E-state index contributed by atoms with van der Waals surface area (Å²) in [5, 5.41) is 10.2. The van der Waals surface area contributed by atoms with Crippen LogP contribution in [0.1, 0.15) is 37.7 Å². The van der Waals surface area contributed by atoms with Gasteiger partial charge in [0.2, 0.25) is 0 Å². The molecule has 1 aliphatic carbocycles. The van der Waals surface area contributed by atoms with Crippen molar-refractivity contribution in [3.05, 3.63) is 28.8 Å². The fraction of sp³-hybridized carbons (Fsp3) is 0.545. The number of hydrogen-bond donors (Lipinski definition) is 1. The van der Waals surface area contributed by atoms with Gasteiger partial charge in [-0.1, -0.05) is 30.9 Å². The number of nitrogens with zero attached hydrogens (tertiary/aromatic N) is 1. The highest BCUT2D eigenvalue weighted by atomic mass is 35.5. The molecule has 0 spiro atoms. The molecule has 4 heteroatoms. The highest BCUT2D eigenvalue weighted by Crippen LogP contribution is 2.38. The van der Waals surface area contributed by atoms with Crippen molar-refractivity contribution in [1.29, 1.82) is 0 Å². The van der Waals surface area contributed by atoms with Crippen LogP contribution < -0.4 is 0 Å². The van der Waals surface area contributed by atoms with E-state index in [0.717, 1.165) is 19.3 Å². The van der Waals surface area contributed by atoms with Crippen LogP contribution in [0, 0.1) is 5.82 Å². The lowest BCUT2D eigenvalue weighted by atomic mass is 9.80. The topological polar surface area (TPSA) is 33.1 Å². The SMILES string of the molecule is OC1(c2ccnc(Cl)c2F)CCCCC1. The number of rotatable bonds is 1. The van der Waals surface area contributed by atoms with Gasteiger partial charge in [-0.25, -0.2) is 9.37 Å². The summed E-state index contributed by atoms with van der Waals surface area (Å²) >= 11 is 5.60. The van der Waals surface area contributed by atoms with E-state index in [2.05, 4.69) is 4.98 Å². The third kappa shape index (κ3) is 1.99. The number of hydrogen-bond acceptors (Lipinski definition) is 2. The molecule has 1 saturated carbocycles. The van der Waals surface area contributed by atoms with Crippen molar-refractivity contribution in [1.82, 2.24) is 4.98 Å². The Hall–Kier alpha value is -0.670. The lowest BCUT2D eigenvalue weighted by Gasteiger charge is -2.32. The van der Waals surface area contributed by atoms with E-state index >= 15 is 0 Å². The predicted molar refractivity (Wildman–Crippen MR) is 56.2 cm³/mol. The molecule has 0 unspecified atom stereocenters. The summed E-state index contributed by atoms with van der Waals surface area (Å²) in [6.45, 7) is 0. The van der Waals surface area contributed by atoms with E-state index in [1.165, 1.54) is 12.3 Å². The normalized spacial score (nSPS) is 20.2. The summed E-state index contributed by atoms with van der Waals surface area (Å²) in [6, 6.07) is 1.52. The van der Waals surface area contributed by atoms with Gasteiger partial charge in [0.05, 0.1) is 5.60 Å². The van der Waals surface area contributed by atoms with Gasteiger partial charge in [-0.3, -0.25) is 0 Å². The Morgan fingerprint density at radius 1 is 1.33 bits per heavy atom. The largest absolute Gasteiger partial charge is 0.385 e. The molecule has 15 heavy (non-hydrogen) atoms. The first-order chi connectivity index (χ1) is 7.13. The second-order valence-corrected chi connectivity index (χ2v) is 4.41. The number of aliphatic hydroxyl groups is 1. The van der Waals surface area contributed by atoms with Crippen LogP contribution in [0.2, 0.25) is 5.15 Å². The summed E-state index contributed by atoms with van der Waals surface area (Å²) in [5.74, 6) is -0.580. The highest BCUT2D eigenvalue weighted by Gasteiger charge is 2.34. The summed E-state index contributed by atoms with van der Waals surface area (Å²) in [5.41, 5.74) is -0.753. The molecule has 0 radical (unpaired) electrons. The molecule has 1 aliphatic rings. The molecule has 0 atom stereocenters. The molecule has 1 fully saturated rings. The van der Waals surface area contributed by atoms with Crippen LogP contribution in [0.5, 0.6) is 0 Å². The van der Waals surface area contributed by atoms with E-state index in [-0.39, 0.29) is 5.15 Å². The first-order valence-electron chi connectivity index (χ1n) is 5.16. The zero-order valence-corrected chi connectivity index (χ0v) is 9.10. The minimum absolute atomic E-state index is 0.161. The average molecular weight is 230 g/mol. The number of halogens is 2. The molecule has 2 nitrogen and oxygen atoms in total. The van der Waals surface area contributed by atoms with Crippen molar-refractivity contribution in [2.45, 2.75) is 37.7 Å². The molecule has 0 aliphatic heterocycles. The van der Waals surface area contributed by atoms with E-state index in [9.17, 15) is 9.50 Å². The molecule has 1 aromatic rings. The molecule has 0 amide bonds. The second kappa shape index (κ2) is 4.06. The molecule has 1 heterocycles. The number of aromatic nitrogens is 1. The molecule has 0 aromatic carbocycles. The van der Waals surface area contributed by atoms with Gasteiger partial charge in [0.1, 0.15) is 0 Å². The molecular weight excluding hydrogens is 217 g/mol. The molecule has 0 saturated heterocycles. The van der Waals surface area contributed by atoms with Gasteiger partial charge in [0.25, 0.3) is 0 Å². The fourth-order valence-corrected chi connectivity index (χ4v) is 2.34. The average Bonchev–Trinajstić information content (AvgIpc) is 2.23. The maximum absolute atomic E-state index is 13.7. The Morgan fingerprint density at radius 3 is 2.67 bits per heavy atom. The summed E-state index contributed by atoms with van der Waals surface area (Å²) in [6.07, 6.45) is 5.59. The van der Waals surface area contributed by atoms with Crippen molar-refractivity contribution < 1.29 is 9.50 Å². The van der Waals surface area contributed by atoms with Crippen LogP contribution in [0.15, 0.2) is 12.3 Å². The molecular formula is C11H13ClFNO. The van der Waals surface area contributed by atoms with E-state index in [1.54, 1.807) is 0 Å². The van der Waals surface area contributed by atoms with Crippen LogP contribution in [0.4, 0.5) is 4.39 Å². The van der Waals surface area contributed by atoms with Gasteiger partial charge >= 0.3 is 0 Å². The Balaban J connectivity index is 2.39. The Bertz CT molecular complexity index is 364. The van der Waals surface area contributed by atoms with Gasteiger partial charge in [-0.05, 0) is 18.9 Å². The molecule has 1 N–H and O–H groups in total. The van der Waals surface area contributed by atoms with Crippen molar-refractivity contribution in [3.8, 4) is 0 Å². The van der Waals surface area contributed by atoms with Crippen molar-refractivity contribution >= 4 is 11.6 Å². The van der Waals surface area contributed by atoms with Crippen LogP contribution in [0.3, 0.4) is 0 Å². The predicted octanol–water partition coefficient (Wildman–Crippen LogP) is 3.03. The minimum Gasteiger partial charge on any atom is -0.385 e. The number of pyridine rings is 1. The highest BCUT2D eigenvalue weighted by molar-refractivity contribution is 6.29. The first-order valence-corrected chi connectivity index (χ1v) is 5.54. The molecule has 2 rings (SSSR count). The minimum atomic E-state index is -1.05. The van der Waals surface area contributed by atoms with Gasteiger partial charge in [-0.15, -0.1) is 0 Å². The maximum Gasteiger partial charge on any atom is 0.166 e. The fourth-order valence-electron chi connectivity index (χ4n) is 2.18. The second-order valence-electron chi connectivity index (χ2n) is 4.06. The summed E-state index contributed by atoms with van der Waals surface area (Å²) < 4.78 is 13.7. The first kappa shape index (κ1) is 10.8. The smallest absolute Gasteiger partial charge is 0.166 e. The zero-order chi connectivity index (χ0) is 10.9. The zero-order valence-electron chi connectivity index (χ0n) is 8.34. The van der Waals surface area contributed by atoms with Crippen molar-refractivity contribution in [2.75, 3.05) is 0 Å². The Labute approximate surface area is 93.1 Å². The van der Waals surface area contributed by atoms with E-state index in [4.69, 9.17) is 11.6 Å². The van der Waals surface area contributed by atoms with E-state index < -0.39 is 11.4 Å². The summed E-state index contributed by atoms with van der Waals surface area (Å²) in [4.78, 5) is 3.64. The van der Waals surface area contributed by atoms with E-state index in [0.29, 0.717) is 18.4 Å². The van der Waals surface area contributed by atoms with E-state index in [1.807, 2.05) is 0 Å². The van der Waals surface area contributed by atoms with Crippen molar-refractivity contribution in [2.24, 2.45) is 0 Å². The third-order valence-corrected chi connectivity index (χ3v) is 3.29. The van der Waals surface area contributed by atoms with Crippen LogP contribution in [0.25, 0.3) is 0 Å². The Kier molecular flexibility index (Phi) is 2.94. The molecule has 1 aromatic heterocycles. The van der Waals surface area contributed by atoms with Crippen molar-refractivity contribution in [3.63, 3.8) is 0 Å². The van der Waals surface area contributed by atoms with Gasteiger partial charge in [0.15, 0.2) is 11.0 Å².